The van der Waals surface area contributed by atoms with E-state index in [1.807, 2.05) is 6.92 Å². The molecule has 0 aliphatic heterocycles. The van der Waals surface area contributed by atoms with Gasteiger partial charge in [-0.05, 0) is 20.3 Å². The summed E-state index contributed by atoms with van der Waals surface area (Å²) >= 11 is 0. The molecule has 0 fully saturated rings. The smallest absolute Gasteiger partial charge is 0.264 e. The average Bonchev–Trinajstić information content (AvgIpc) is 2.01. The fraction of sp³-hybridized carbons (Fsp3) is 1.00. The molecule has 0 bridgehead atoms. The minimum Gasteiger partial charge on any atom is -0.376 e. The van der Waals surface area contributed by atoms with Gasteiger partial charge in [0.1, 0.15) is 6.10 Å². The number of hydrogen-bond donors (Lipinski definition) is 0. The van der Waals surface area contributed by atoms with Crippen LogP contribution in [-0.4, -0.2) is 33.5 Å². The molecule has 0 aliphatic rings. The molecular weight excluding hydrogens is 204 g/mol. The molecule has 2 atom stereocenters. The van der Waals surface area contributed by atoms with Crippen LogP contribution in [0.5, 0.6) is 0 Å². The second-order valence-corrected chi connectivity index (χ2v) is 5.04. The first-order chi connectivity index (χ1) is 6.37. The Kier molecular flexibility index (Phi) is 6.31. The third kappa shape index (κ3) is 7.29. The van der Waals surface area contributed by atoms with Gasteiger partial charge >= 0.3 is 0 Å². The molecule has 5 heteroatoms. The van der Waals surface area contributed by atoms with Crippen LogP contribution >= 0.6 is 0 Å². The average molecular weight is 224 g/mol. The summed E-state index contributed by atoms with van der Waals surface area (Å²) in [5, 5.41) is 0. The SMILES string of the molecule is CCCCOC(C)C(C)OS(C)(=O)=O. The lowest BCUT2D eigenvalue weighted by molar-refractivity contribution is -0.00546. The van der Waals surface area contributed by atoms with Gasteiger partial charge in [0.05, 0.1) is 12.4 Å². The molecule has 0 amide bonds. The lowest BCUT2D eigenvalue weighted by Crippen LogP contribution is -2.28. The quantitative estimate of drug-likeness (QED) is 0.486. The summed E-state index contributed by atoms with van der Waals surface area (Å²) in [6.07, 6.45) is 2.46. The van der Waals surface area contributed by atoms with Crippen molar-refractivity contribution in [1.82, 2.24) is 0 Å². The van der Waals surface area contributed by atoms with Crippen molar-refractivity contribution in [3.63, 3.8) is 0 Å². The van der Waals surface area contributed by atoms with Crippen LogP contribution in [0.3, 0.4) is 0 Å². The molecule has 2 unspecified atom stereocenters. The molecule has 0 aromatic rings. The molecule has 0 aromatic carbocycles. The topological polar surface area (TPSA) is 52.6 Å². The third-order valence-corrected chi connectivity index (χ3v) is 2.52. The first-order valence-corrected chi connectivity index (χ1v) is 6.68. The fourth-order valence-electron chi connectivity index (χ4n) is 0.903. The summed E-state index contributed by atoms with van der Waals surface area (Å²) in [6.45, 7) is 6.22. The maximum absolute atomic E-state index is 10.8. The Morgan fingerprint density at radius 2 is 1.79 bits per heavy atom. The minimum atomic E-state index is -3.38. The zero-order valence-electron chi connectivity index (χ0n) is 9.32. The highest BCUT2D eigenvalue weighted by Crippen LogP contribution is 2.06. The van der Waals surface area contributed by atoms with Crippen molar-refractivity contribution in [3.05, 3.63) is 0 Å². The molecule has 0 spiro atoms. The number of rotatable bonds is 7. The maximum atomic E-state index is 10.8. The van der Waals surface area contributed by atoms with E-state index in [2.05, 4.69) is 6.92 Å². The lowest BCUT2D eigenvalue weighted by Gasteiger charge is -2.19. The van der Waals surface area contributed by atoms with Crippen LogP contribution in [-0.2, 0) is 19.0 Å². The summed E-state index contributed by atoms with van der Waals surface area (Å²) < 4.78 is 31.8. The van der Waals surface area contributed by atoms with Gasteiger partial charge in [-0.1, -0.05) is 13.3 Å². The summed E-state index contributed by atoms with van der Waals surface area (Å²) in [4.78, 5) is 0. The Hall–Kier alpha value is -0.130. The van der Waals surface area contributed by atoms with Gasteiger partial charge < -0.3 is 4.74 Å². The highest BCUT2D eigenvalue weighted by atomic mass is 32.2. The van der Waals surface area contributed by atoms with E-state index in [4.69, 9.17) is 8.92 Å². The van der Waals surface area contributed by atoms with E-state index in [-0.39, 0.29) is 6.10 Å². The van der Waals surface area contributed by atoms with E-state index in [0.717, 1.165) is 19.1 Å². The van der Waals surface area contributed by atoms with Crippen LogP contribution < -0.4 is 0 Å². The van der Waals surface area contributed by atoms with Gasteiger partial charge in [0, 0.05) is 6.61 Å². The van der Waals surface area contributed by atoms with Gasteiger partial charge in [-0.15, -0.1) is 0 Å². The number of hydrogen-bond acceptors (Lipinski definition) is 4. The van der Waals surface area contributed by atoms with Crippen molar-refractivity contribution in [1.29, 1.82) is 0 Å². The van der Waals surface area contributed by atoms with Crippen molar-refractivity contribution in [2.45, 2.75) is 45.8 Å². The van der Waals surface area contributed by atoms with Crippen molar-refractivity contribution < 1.29 is 17.3 Å². The van der Waals surface area contributed by atoms with Crippen LogP contribution in [0.2, 0.25) is 0 Å². The zero-order chi connectivity index (χ0) is 11.2. The maximum Gasteiger partial charge on any atom is 0.264 e. The van der Waals surface area contributed by atoms with Crippen molar-refractivity contribution in [2.24, 2.45) is 0 Å². The molecule has 86 valence electrons. The Balaban J connectivity index is 3.82. The summed E-state index contributed by atoms with van der Waals surface area (Å²) in [6, 6.07) is 0. The minimum absolute atomic E-state index is 0.198. The van der Waals surface area contributed by atoms with Gasteiger partial charge in [-0.3, -0.25) is 4.18 Å². The Morgan fingerprint density at radius 3 is 2.21 bits per heavy atom. The second-order valence-electron chi connectivity index (χ2n) is 3.43. The monoisotopic (exact) mass is 224 g/mol. The molecule has 0 aliphatic carbocycles. The van der Waals surface area contributed by atoms with Crippen LogP contribution in [0.1, 0.15) is 33.6 Å². The number of unbranched alkanes of at least 4 members (excludes halogenated alkanes) is 1. The molecule has 0 radical (unpaired) electrons. The molecular formula is C9H20O4S. The molecule has 0 aromatic heterocycles. The van der Waals surface area contributed by atoms with Crippen LogP contribution in [0.4, 0.5) is 0 Å². The highest BCUT2D eigenvalue weighted by molar-refractivity contribution is 7.86. The van der Waals surface area contributed by atoms with Crippen molar-refractivity contribution in [2.75, 3.05) is 12.9 Å². The van der Waals surface area contributed by atoms with E-state index < -0.39 is 16.2 Å². The molecule has 0 saturated heterocycles. The Bertz CT molecular complexity index is 235. The van der Waals surface area contributed by atoms with E-state index >= 15 is 0 Å². The van der Waals surface area contributed by atoms with E-state index in [0.29, 0.717) is 6.61 Å². The Labute approximate surface area is 86.7 Å². The van der Waals surface area contributed by atoms with E-state index in [9.17, 15) is 8.42 Å². The largest absolute Gasteiger partial charge is 0.376 e. The van der Waals surface area contributed by atoms with Gasteiger partial charge in [0.25, 0.3) is 10.1 Å². The molecule has 0 N–H and O–H groups in total. The van der Waals surface area contributed by atoms with Crippen molar-refractivity contribution in [3.8, 4) is 0 Å². The van der Waals surface area contributed by atoms with E-state index in [1.54, 1.807) is 6.92 Å². The molecule has 14 heavy (non-hydrogen) atoms. The van der Waals surface area contributed by atoms with Gasteiger partial charge in [0.2, 0.25) is 0 Å². The van der Waals surface area contributed by atoms with Gasteiger partial charge in [-0.25, -0.2) is 0 Å². The summed E-state index contributed by atoms with van der Waals surface area (Å²) in [7, 11) is -3.38. The fourth-order valence-corrected chi connectivity index (χ4v) is 1.61. The predicted octanol–water partition coefficient (Wildman–Crippen LogP) is 1.56. The normalized spacial score (nSPS) is 16.6. The van der Waals surface area contributed by atoms with Crippen LogP contribution in [0.25, 0.3) is 0 Å². The lowest BCUT2D eigenvalue weighted by atomic mass is 10.2. The summed E-state index contributed by atoms with van der Waals surface area (Å²) in [5.41, 5.74) is 0. The molecule has 0 rings (SSSR count). The van der Waals surface area contributed by atoms with Gasteiger partial charge in [-0.2, -0.15) is 8.42 Å². The third-order valence-electron chi connectivity index (χ3n) is 1.87. The molecule has 0 saturated carbocycles. The number of ether oxygens (including phenoxy) is 1. The predicted molar refractivity (Wildman–Crippen MR) is 55.7 cm³/mol. The van der Waals surface area contributed by atoms with Crippen LogP contribution in [0.15, 0.2) is 0 Å². The zero-order valence-corrected chi connectivity index (χ0v) is 10.1. The van der Waals surface area contributed by atoms with E-state index in [1.165, 1.54) is 0 Å². The second kappa shape index (κ2) is 6.37. The first-order valence-electron chi connectivity index (χ1n) is 4.86. The standard InChI is InChI=1S/C9H20O4S/c1-5-6-7-12-8(2)9(3)13-14(4,10)11/h8-9H,5-7H2,1-4H3. The molecule has 0 heterocycles. The summed E-state index contributed by atoms with van der Waals surface area (Å²) in [5.74, 6) is 0. The Morgan fingerprint density at radius 1 is 1.21 bits per heavy atom. The van der Waals surface area contributed by atoms with Gasteiger partial charge in [0.15, 0.2) is 0 Å². The first kappa shape index (κ1) is 13.9. The van der Waals surface area contributed by atoms with Crippen LogP contribution in [0, 0.1) is 0 Å². The highest BCUT2D eigenvalue weighted by Gasteiger charge is 2.17. The molecule has 4 nitrogen and oxygen atoms in total. The van der Waals surface area contributed by atoms with Crippen molar-refractivity contribution >= 4 is 10.1 Å².